The molecule has 0 bridgehead atoms. The fraction of sp³-hybridized carbons (Fsp3) is 0.857. The van der Waals surface area contributed by atoms with Crippen LogP contribution in [-0.4, -0.2) is 59.6 Å². The number of hydrogen-bond donors (Lipinski definition) is 3. The number of ether oxygens (including phenoxy) is 2. The summed E-state index contributed by atoms with van der Waals surface area (Å²) in [5.41, 5.74) is 0. The van der Waals surface area contributed by atoms with Gasteiger partial charge in [-0.25, -0.2) is 0 Å². The summed E-state index contributed by atoms with van der Waals surface area (Å²) in [6, 6.07) is 0. The van der Waals surface area contributed by atoms with Gasteiger partial charge in [0.1, 0.15) is 24.4 Å². The van der Waals surface area contributed by atoms with Crippen molar-refractivity contribution in [2.24, 2.45) is 0 Å². The van der Waals surface area contributed by atoms with Gasteiger partial charge in [-0.1, -0.05) is 18.9 Å². The molecule has 0 saturated carbocycles. The lowest BCUT2D eigenvalue weighted by Crippen LogP contribution is -2.40. The van der Waals surface area contributed by atoms with E-state index in [1.165, 1.54) is 0 Å². The minimum absolute atomic E-state index is 0.0617. The predicted octanol–water partition coefficient (Wildman–Crippen LogP) is 0.621. The number of aliphatic hydroxyl groups excluding tert-OH is 3. The van der Waals surface area contributed by atoms with Gasteiger partial charge in [-0.2, -0.15) is 0 Å². The van der Waals surface area contributed by atoms with Crippen molar-refractivity contribution < 1.29 is 24.8 Å². The van der Waals surface area contributed by atoms with E-state index in [0.717, 1.165) is 32.1 Å². The van der Waals surface area contributed by atoms with Crippen LogP contribution in [0.25, 0.3) is 0 Å². The minimum atomic E-state index is -1.03. The maximum absolute atomic E-state index is 9.78. The summed E-state index contributed by atoms with van der Waals surface area (Å²) in [7, 11) is 0. The predicted molar refractivity (Wildman–Crippen MR) is 71.9 cm³/mol. The summed E-state index contributed by atoms with van der Waals surface area (Å²) in [5.74, 6) is 0. The summed E-state index contributed by atoms with van der Waals surface area (Å²) >= 11 is 0. The molecule has 0 spiro atoms. The molecule has 1 fully saturated rings. The van der Waals surface area contributed by atoms with Gasteiger partial charge in [-0.15, -0.1) is 6.58 Å². The topological polar surface area (TPSA) is 79.2 Å². The Morgan fingerprint density at radius 3 is 2.63 bits per heavy atom. The molecule has 5 nitrogen and oxygen atoms in total. The molecule has 0 radical (unpaired) electrons. The van der Waals surface area contributed by atoms with Crippen molar-refractivity contribution >= 4 is 0 Å². The van der Waals surface area contributed by atoms with E-state index in [1.54, 1.807) is 0 Å². The van der Waals surface area contributed by atoms with Gasteiger partial charge >= 0.3 is 0 Å². The van der Waals surface area contributed by atoms with Gasteiger partial charge in [0.15, 0.2) is 0 Å². The van der Waals surface area contributed by atoms with Crippen molar-refractivity contribution in [2.75, 3.05) is 19.8 Å². The van der Waals surface area contributed by atoms with Crippen molar-refractivity contribution in [3.05, 3.63) is 12.7 Å². The number of allylic oxidation sites excluding steroid dienone is 1. The molecule has 0 unspecified atom stereocenters. The molecule has 0 aromatic rings. The monoisotopic (exact) mass is 274 g/mol. The first-order valence-electron chi connectivity index (χ1n) is 7.01. The van der Waals surface area contributed by atoms with Crippen molar-refractivity contribution in [1.29, 1.82) is 0 Å². The maximum atomic E-state index is 9.78. The SMILES string of the molecule is C=CCCCCCCOC[C@H](O)[C@H]1OC[C@@H](O)[C@H]1O. The molecule has 0 amide bonds. The van der Waals surface area contributed by atoms with E-state index in [1.807, 2.05) is 6.08 Å². The third-order valence-electron chi connectivity index (χ3n) is 3.31. The highest BCUT2D eigenvalue weighted by molar-refractivity contribution is 4.87. The average Bonchev–Trinajstić information content (AvgIpc) is 2.73. The van der Waals surface area contributed by atoms with E-state index < -0.39 is 24.4 Å². The lowest BCUT2D eigenvalue weighted by atomic mass is 10.1. The van der Waals surface area contributed by atoms with Crippen LogP contribution in [0.15, 0.2) is 12.7 Å². The number of hydrogen-bond acceptors (Lipinski definition) is 5. The van der Waals surface area contributed by atoms with Gasteiger partial charge in [0.25, 0.3) is 0 Å². The normalized spacial score (nSPS) is 28.5. The summed E-state index contributed by atoms with van der Waals surface area (Å²) < 4.78 is 10.5. The van der Waals surface area contributed by atoms with Crippen LogP contribution >= 0.6 is 0 Å². The molecule has 0 aliphatic carbocycles. The van der Waals surface area contributed by atoms with Crippen molar-refractivity contribution in [3.63, 3.8) is 0 Å². The Kier molecular flexibility index (Phi) is 8.25. The van der Waals surface area contributed by atoms with Crippen LogP contribution in [-0.2, 0) is 9.47 Å². The Morgan fingerprint density at radius 2 is 2.00 bits per heavy atom. The Labute approximate surface area is 114 Å². The molecule has 3 N–H and O–H groups in total. The van der Waals surface area contributed by atoms with E-state index in [-0.39, 0.29) is 13.2 Å². The zero-order chi connectivity index (χ0) is 14.1. The summed E-state index contributed by atoms with van der Waals surface area (Å²) in [6.07, 6.45) is 3.77. The first kappa shape index (κ1) is 16.6. The van der Waals surface area contributed by atoms with Gasteiger partial charge in [-0.05, 0) is 19.3 Å². The molecule has 19 heavy (non-hydrogen) atoms. The molecule has 1 saturated heterocycles. The highest BCUT2D eigenvalue weighted by Gasteiger charge is 2.39. The van der Waals surface area contributed by atoms with Crippen LogP contribution in [0, 0.1) is 0 Å². The van der Waals surface area contributed by atoms with Crippen LogP contribution in [0.3, 0.4) is 0 Å². The van der Waals surface area contributed by atoms with Crippen LogP contribution in [0.2, 0.25) is 0 Å². The molecular formula is C14H26O5. The summed E-state index contributed by atoms with van der Waals surface area (Å²) in [5, 5.41) is 28.6. The van der Waals surface area contributed by atoms with Crippen molar-refractivity contribution in [2.45, 2.75) is 56.5 Å². The Morgan fingerprint density at radius 1 is 1.26 bits per heavy atom. The molecule has 0 aromatic carbocycles. The zero-order valence-corrected chi connectivity index (χ0v) is 11.4. The lowest BCUT2D eigenvalue weighted by molar-refractivity contribution is -0.0813. The average molecular weight is 274 g/mol. The van der Waals surface area contributed by atoms with Crippen molar-refractivity contribution in [3.8, 4) is 0 Å². The van der Waals surface area contributed by atoms with Crippen molar-refractivity contribution in [1.82, 2.24) is 0 Å². The molecule has 0 aromatic heterocycles. The maximum Gasteiger partial charge on any atom is 0.114 e. The second-order valence-corrected chi connectivity index (χ2v) is 4.99. The molecule has 1 aliphatic rings. The minimum Gasteiger partial charge on any atom is -0.388 e. The molecule has 5 heteroatoms. The third kappa shape index (κ3) is 6.01. The third-order valence-corrected chi connectivity index (χ3v) is 3.31. The Balaban J connectivity index is 1.98. The largest absolute Gasteiger partial charge is 0.388 e. The molecule has 112 valence electrons. The van der Waals surface area contributed by atoms with Crippen LogP contribution in [0.5, 0.6) is 0 Å². The second kappa shape index (κ2) is 9.44. The van der Waals surface area contributed by atoms with E-state index in [9.17, 15) is 15.3 Å². The Hall–Kier alpha value is -0.460. The molecular weight excluding hydrogens is 248 g/mol. The van der Waals surface area contributed by atoms with Gasteiger partial charge in [0.2, 0.25) is 0 Å². The lowest BCUT2D eigenvalue weighted by Gasteiger charge is -2.20. The van der Waals surface area contributed by atoms with E-state index in [0.29, 0.717) is 6.61 Å². The molecule has 4 atom stereocenters. The molecule has 1 rings (SSSR count). The zero-order valence-electron chi connectivity index (χ0n) is 11.4. The second-order valence-electron chi connectivity index (χ2n) is 4.99. The van der Waals surface area contributed by atoms with E-state index >= 15 is 0 Å². The van der Waals surface area contributed by atoms with Gasteiger partial charge < -0.3 is 24.8 Å². The molecule has 1 heterocycles. The highest BCUT2D eigenvalue weighted by Crippen LogP contribution is 2.17. The first-order valence-corrected chi connectivity index (χ1v) is 7.01. The Bertz CT molecular complexity index is 246. The highest BCUT2D eigenvalue weighted by atomic mass is 16.5. The van der Waals surface area contributed by atoms with Gasteiger partial charge in [-0.3, -0.25) is 0 Å². The van der Waals surface area contributed by atoms with Crippen LogP contribution in [0.4, 0.5) is 0 Å². The first-order chi connectivity index (χ1) is 9.16. The van der Waals surface area contributed by atoms with Gasteiger partial charge in [0, 0.05) is 6.61 Å². The molecule has 1 aliphatic heterocycles. The standard InChI is InChI=1S/C14H26O5/c1-2-3-4-5-6-7-8-18-9-12(16)14-13(17)11(15)10-19-14/h2,11-17H,1,3-10H2/t11-,12+,13-,14-/m1/s1. The quantitative estimate of drug-likeness (QED) is 0.402. The summed E-state index contributed by atoms with van der Waals surface area (Å²) in [6.45, 7) is 4.46. The van der Waals surface area contributed by atoms with Crippen LogP contribution in [0.1, 0.15) is 32.1 Å². The fourth-order valence-electron chi connectivity index (χ4n) is 2.11. The van der Waals surface area contributed by atoms with E-state index in [2.05, 4.69) is 6.58 Å². The number of aliphatic hydroxyl groups is 3. The fourth-order valence-corrected chi connectivity index (χ4v) is 2.11. The van der Waals surface area contributed by atoms with E-state index in [4.69, 9.17) is 9.47 Å². The number of unbranched alkanes of at least 4 members (excludes halogenated alkanes) is 4. The van der Waals surface area contributed by atoms with Crippen LogP contribution < -0.4 is 0 Å². The number of rotatable bonds is 10. The van der Waals surface area contributed by atoms with Gasteiger partial charge in [0.05, 0.1) is 13.2 Å². The summed E-state index contributed by atoms with van der Waals surface area (Å²) in [4.78, 5) is 0. The smallest absolute Gasteiger partial charge is 0.114 e.